The summed E-state index contributed by atoms with van der Waals surface area (Å²) >= 11 is 0. The van der Waals surface area contributed by atoms with E-state index in [1.54, 1.807) is 18.3 Å². The topological polar surface area (TPSA) is 76.2 Å². The predicted octanol–water partition coefficient (Wildman–Crippen LogP) is 2.40. The molecule has 1 aromatic carbocycles. The van der Waals surface area contributed by atoms with Gasteiger partial charge >= 0.3 is 0 Å². The summed E-state index contributed by atoms with van der Waals surface area (Å²) in [5.74, 6) is 0.897. The highest BCUT2D eigenvalue weighted by Gasteiger charge is 2.13. The highest BCUT2D eigenvalue weighted by molar-refractivity contribution is 5.64. The average molecular weight is 289 g/mol. The fourth-order valence-electron chi connectivity index (χ4n) is 2.08. The van der Waals surface area contributed by atoms with Gasteiger partial charge in [0.1, 0.15) is 5.82 Å². The lowest BCUT2D eigenvalue weighted by Gasteiger charge is -2.20. The minimum atomic E-state index is -0.376. The van der Waals surface area contributed by atoms with E-state index in [0.29, 0.717) is 13.1 Å². The van der Waals surface area contributed by atoms with E-state index < -0.39 is 0 Å². The van der Waals surface area contributed by atoms with E-state index >= 15 is 0 Å². The number of hydrogen-bond donors (Lipinski definition) is 1. The highest BCUT2D eigenvalue weighted by atomic mass is 16.6. The molecule has 0 unspecified atom stereocenters. The first-order chi connectivity index (χ1) is 10.0. The SMILES string of the molecule is CCNc1cc(N(C)Cc2nccn2C)cc([N+](=O)[O-])c1. The van der Waals surface area contributed by atoms with Crippen molar-refractivity contribution in [2.45, 2.75) is 13.5 Å². The Bertz CT molecular complexity index is 638. The Morgan fingerprint density at radius 3 is 2.76 bits per heavy atom. The van der Waals surface area contributed by atoms with Gasteiger partial charge in [0.05, 0.1) is 11.5 Å². The number of nitrogens with one attached hydrogen (secondary N) is 1. The Hall–Kier alpha value is -2.57. The lowest BCUT2D eigenvalue weighted by atomic mass is 10.2. The molecule has 1 aromatic heterocycles. The Morgan fingerprint density at radius 1 is 1.43 bits per heavy atom. The van der Waals surface area contributed by atoms with Gasteiger partial charge in [-0.25, -0.2) is 4.98 Å². The Morgan fingerprint density at radius 2 is 2.19 bits per heavy atom. The molecule has 0 radical (unpaired) electrons. The predicted molar refractivity (Wildman–Crippen MR) is 82.6 cm³/mol. The lowest BCUT2D eigenvalue weighted by molar-refractivity contribution is -0.384. The Labute approximate surface area is 123 Å². The normalized spacial score (nSPS) is 10.4. The number of anilines is 2. The van der Waals surface area contributed by atoms with Crippen molar-refractivity contribution in [3.8, 4) is 0 Å². The van der Waals surface area contributed by atoms with Gasteiger partial charge in [-0.2, -0.15) is 0 Å². The van der Waals surface area contributed by atoms with Crippen LogP contribution < -0.4 is 10.2 Å². The summed E-state index contributed by atoms with van der Waals surface area (Å²) in [7, 11) is 3.82. The van der Waals surface area contributed by atoms with E-state index in [2.05, 4.69) is 10.3 Å². The van der Waals surface area contributed by atoms with Crippen LogP contribution in [0.5, 0.6) is 0 Å². The Balaban J connectivity index is 2.28. The third-order valence-corrected chi connectivity index (χ3v) is 3.23. The van der Waals surface area contributed by atoms with Crippen LogP contribution in [0.2, 0.25) is 0 Å². The standard InChI is InChI=1S/C14H19N5O2/c1-4-15-11-7-12(9-13(8-11)19(20)21)18(3)10-14-16-5-6-17(14)2/h5-9,15H,4,10H2,1-3H3. The van der Waals surface area contributed by atoms with Gasteiger partial charge in [-0.15, -0.1) is 0 Å². The molecule has 1 N–H and O–H groups in total. The van der Waals surface area contributed by atoms with Gasteiger partial charge in [-0.1, -0.05) is 0 Å². The van der Waals surface area contributed by atoms with Crippen LogP contribution in [-0.4, -0.2) is 28.1 Å². The highest BCUT2D eigenvalue weighted by Crippen LogP contribution is 2.27. The molecular weight excluding hydrogens is 270 g/mol. The number of benzene rings is 1. The second kappa shape index (κ2) is 6.25. The average Bonchev–Trinajstić information content (AvgIpc) is 2.84. The summed E-state index contributed by atoms with van der Waals surface area (Å²) < 4.78 is 1.93. The molecule has 0 bridgehead atoms. The number of non-ortho nitro benzene ring substituents is 1. The first-order valence-corrected chi connectivity index (χ1v) is 6.72. The zero-order valence-electron chi connectivity index (χ0n) is 12.4. The molecule has 21 heavy (non-hydrogen) atoms. The summed E-state index contributed by atoms with van der Waals surface area (Å²) in [6.45, 7) is 3.25. The number of aromatic nitrogens is 2. The van der Waals surface area contributed by atoms with Gasteiger partial charge in [-0.05, 0) is 13.0 Å². The zero-order chi connectivity index (χ0) is 15.4. The van der Waals surface area contributed by atoms with E-state index in [-0.39, 0.29) is 10.6 Å². The molecule has 7 nitrogen and oxygen atoms in total. The van der Waals surface area contributed by atoms with Gasteiger partial charge in [-0.3, -0.25) is 10.1 Å². The number of hydrogen-bond acceptors (Lipinski definition) is 5. The first kappa shape index (κ1) is 14.8. The van der Waals surface area contributed by atoms with E-state index in [0.717, 1.165) is 17.2 Å². The fourth-order valence-corrected chi connectivity index (χ4v) is 2.08. The zero-order valence-corrected chi connectivity index (χ0v) is 12.4. The molecule has 0 aliphatic carbocycles. The second-order valence-corrected chi connectivity index (χ2v) is 4.84. The molecule has 0 atom stereocenters. The second-order valence-electron chi connectivity index (χ2n) is 4.84. The van der Waals surface area contributed by atoms with Crippen molar-refractivity contribution in [3.05, 3.63) is 46.5 Å². The first-order valence-electron chi connectivity index (χ1n) is 6.72. The quantitative estimate of drug-likeness (QED) is 0.652. The molecule has 1 heterocycles. The van der Waals surface area contributed by atoms with E-state index in [9.17, 15) is 10.1 Å². The molecule has 2 rings (SSSR count). The van der Waals surface area contributed by atoms with E-state index in [1.807, 2.05) is 42.7 Å². The number of aryl methyl sites for hydroxylation is 1. The molecular formula is C14H19N5O2. The van der Waals surface area contributed by atoms with Crippen LogP contribution in [0, 0.1) is 10.1 Å². The summed E-state index contributed by atoms with van der Waals surface area (Å²) in [5.41, 5.74) is 1.60. The van der Waals surface area contributed by atoms with Crippen LogP contribution >= 0.6 is 0 Å². The van der Waals surface area contributed by atoms with Crippen molar-refractivity contribution in [1.82, 2.24) is 9.55 Å². The maximum atomic E-state index is 11.0. The van der Waals surface area contributed by atoms with Gasteiger partial charge < -0.3 is 14.8 Å². The molecule has 0 aliphatic rings. The van der Waals surface area contributed by atoms with Crippen LogP contribution in [0.25, 0.3) is 0 Å². The van der Waals surface area contributed by atoms with Crippen LogP contribution in [0.4, 0.5) is 17.1 Å². The molecule has 112 valence electrons. The number of imidazole rings is 1. The van der Waals surface area contributed by atoms with E-state index in [4.69, 9.17) is 0 Å². The number of rotatable bonds is 6. The van der Waals surface area contributed by atoms with Gasteiger partial charge in [0.2, 0.25) is 0 Å². The van der Waals surface area contributed by atoms with Gasteiger partial charge in [0.15, 0.2) is 0 Å². The van der Waals surface area contributed by atoms with Gasteiger partial charge in [0.25, 0.3) is 5.69 Å². The molecule has 0 spiro atoms. The minimum absolute atomic E-state index is 0.0788. The smallest absolute Gasteiger partial charge is 0.273 e. The lowest BCUT2D eigenvalue weighted by Crippen LogP contribution is -2.19. The van der Waals surface area contributed by atoms with Crippen molar-refractivity contribution < 1.29 is 4.92 Å². The third kappa shape index (κ3) is 3.50. The van der Waals surface area contributed by atoms with Crippen LogP contribution in [0.1, 0.15) is 12.7 Å². The maximum Gasteiger partial charge on any atom is 0.273 e. The van der Waals surface area contributed by atoms with Crippen LogP contribution in [0.15, 0.2) is 30.6 Å². The minimum Gasteiger partial charge on any atom is -0.385 e. The van der Waals surface area contributed by atoms with Crippen molar-refractivity contribution in [3.63, 3.8) is 0 Å². The molecule has 0 saturated heterocycles. The molecule has 7 heteroatoms. The monoisotopic (exact) mass is 289 g/mol. The van der Waals surface area contributed by atoms with Crippen molar-refractivity contribution >= 4 is 17.1 Å². The van der Waals surface area contributed by atoms with Crippen LogP contribution in [-0.2, 0) is 13.6 Å². The molecule has 0 aliphatic heterocycles. The van der Waals surface area contributed by atoms with Crippen molar-refractivity contribution in [2.75, 3.05) is 23.8 Å². The molecule has 0 saturated carbocycles. The van der Waals surface area contributed by atoms with E-state index in [1.165, 1.54) is 0 Å². The van der Waals surface area contributed by atoms with Gasteiger partial charge in [0, 0.05) is 56.5 Å². The summed E-state index contributed by atoms with van der Waals surface area (Å²) in [5, 5.41) is 14.2. The van der Waals surface area contributed by atoms with Crippen molar-refractivity contribution in [2.24, 2.45) is 7.05 Å². The Kier molecular flexibility index (Phi) is 4.42. The third-order valence-electron chi connectivity index (χ3n) is 3.23. The largest absolute Gasteiger partial charge is 0.385 e. The molecule has 0 amide bonds. The summed E-state index contributed by atoms with van der Waals surface area (Å²) in [6, 6.07) is 5.02. The van der Waals surface area contributed by atoms with Crippen LogP contribution in [0.3, 0.4) is 0 Å². The summed E-state index contributed by atoms with van der Waals surface area (Å²) in [4.78, 5) is 16.9. The number of nitro groups is 1. The van der Waals surface area contributed by atoms with Crippen molar-refractivity contribution in [1.29, 1.82) is 0 Å². The molecule has 2 aromatic rings. The maximum absolute atomic E-state index is 11.0. The fraction of sp³-hybridized carbons (Fsp3) is 0.357. The number of nitro benzene ring substituents is 1. The summed E-state index contributed by atoms with van der Waals surface area (Å²) in [6.07, 6.45) is 3.61. The number of nitrogens with zero attached hydrogens (tertiary/aromatic N) is 4. The molecule has 0 fully saturated rings.